The van der Waals surface area contributed by atoms with Gasteiger partial charge in [0.15, 0.2) is 0 Å². The van der Waals surface area contributed by atoms with Crippen LogP contribution >= 0.6 is 0 Å². The zero-order valence-corrected chi connectivity index (χ0v) is 16.8. The Morgan fingerprint density at radius 1 is 1.07 bits per heavy atom. The Balaban J connectivity index is 1.45. The number of aryl methyl sites for hydroxylation is 1. The summed E-state index contributed by atoms with van der Waals surface area (Å²) < 4.78 is 0. The summed E-state index contributed by atoms with van der Waals surface area (Å²) in [6, 6.07) is 14.5. The molecule has 3 saturated heterocycles. The van der Waals surface area contributed by atoms with Crippen LogP contribution in [0.2, 0.25) is 0 Å². The highest BCUT2D eigenvalue weighted by atomic mass is 15.3. The van der Waals surface area contributed by atoms with Gasteiger partial charge in [-0.15, -0.1) is 0 Å². The van der Waals surface area contributed by atoms with E-state index >= 15 is 0 Å². The molecule has 4 atom stereocenters. The van der Waals surface area contributed by atoms with Crippen molar-refractivity contribution < 1.29 is 0 Å². The summed E-state index contributed by atoms with van der Waals surface area (Å²) in [5, 5.41) is 0. The topological polar surface area (TPSA) is 58.3 Å². The Kier molecular flexibility index (Phi) is 4.71. The number of nitrogens with zero attached hydrogens (tertiary/aromatic N) is 4. The lowest BCUT2D eigenvalue weighted by Gasteiger charge is -2.57. The molecule has 2 N–H and O–H groups in total. The fourth-order valence-corrected chi connectivity index (χ4v) is 5.97. The molecule has 1 aromatic carbocycles. The maximum Gasteiger partial charge on any atom is 0.222 e. The molecule has 0 saturated carbocycles. The SMILES string of the molecule is Cc1cc(N2C[C@H]3C[C@@H](C2)[C@H](Cc2ccccc2)N2CCCC[C@@H]32)nc(N)n1. The quantitative estimate of drug-likeness (QED) is 0.889. The van der Waals surface area contributed by atoms with Crippen molar-refractivity contribution in [2.45, 2.75) is 51.1 Å². The smallest absolute Gasteiger partial charge is 0.222 e. The molecule has 0 aliphatic carbocycles. The van der Waals surface area contributed by atoms with Gasteiger partial charge < -0.3 is 10.6 Å². The molecule has 2 aromatic rings. The first-order valence-corrected chi connectivity index (χ1v) is 10.8. The van der Waals surface area contributed by atoms with Crippen LogP contribution in [0.15, 0.2) is 36.4 Å². The van der Waals surface area contributed by atoms with E-state index in [1.54, 1.807) is 0 Å². The molecule has 0 radical (unpaired) electrons. The molecule has 28 heavy (non-hydrogen) atoms. The maximum atomic E-state index is 5.96. The van der Waals surface area contributed by atoms with Gasteiger partial charge in [0, 0.05) is 36.9 Å². The van der Waals surface area contributed by atoms with Crippen LogP contribution in [0.3, 0.4) is 0 Å². The average Bonchev–Trinajstić information content (AvgIpc) is 2.71. The fourth-order valence-electron chi connectivity index (χ4n) is 5.97. The lowest BCUT2D eigenvalue weighted by atomic mass is 9.71. The Morgan fingerprint density at radius 3 is 2.71 bits per heavy atom. The lowest BCUT2D eigenvalue weighted by molar-refractivity contribution is -0.0318. The van der Waals surface area contributed by atoms with E-state index in [-0.39, 0.29) is 0 Å². The van der Waals surface area contributed by atoms with Crippen molar-refractivity contribution >= 4 is 11.8 Å². The van der Waals surface area contributed by atoms with Crippen molar-refractivity contribution in [2.24, 2.45) is 11.8 Å². The molecular weight excluding hydrogens is 346 g/mol. The second kappa shape index (κ2) is 7.36. The van der Waals surface area contributed by atoms with Crippen LogP contribution in [-0.2, 0) is 6.42 Å². The van der Waals surface area contributed by atoms with Gasteiger partial charge in [0.1, 0.15) is 5.82 Å². The molecule has 4 heterocycles. The van der Waals surface area contributed by atoms with E-state index in [4.69, 9.17) is 5.73 Å². The molecule has 3 aliphatic rings. The van der Waals surface area contributed by atoms with Gasteiger partial charge in [-0.1, -0.05) is 36.8 Å². The Morgan fingerprint density at radius 2 is 1.89 bits per heavy atom. The highest BCUT2D eigenvalue weighted by Crippen LogP contribution is 2.43. The maximum absolute atomic E-state index is 5.96. The zero-order valence-electron chi connectivity index (χ0n) is 16.8. The van der Waals surface area contributed by atoms with Gasteiger partial charge in [0.2, 0.25) is 5.95 Å². The molecular formula is C23H31N5. The molecule has 0 amide bonds. The van der Waals surface area contributed by atoms with Crippen molar-refractivity contribution in [3.8, 4) is 0 Å². The van der Waals surface area contributed by atoms with E-state index in [0.29, 0.717) is 17.9 Å². The highest BCUT2D eigenvalue weighted by molar-refractivity contribution is 5.44. The van der Waals surface area contributed by atoms with Crippen LogP contribution in [0, 0.1) is 18.8 Å². The van der Waals surface area contributed by atoms with E-state index in [1.165, 1.54) is 37.8 Å². The number of nitrogen functional groups attached to an aromatic ring is 1. The number of rotatable bonds is 3. The monoisotopic (exact) mass is 377 g/mol. The third-order valence-electron chi connectivity index (χ3n) is 7.09. The molecule has 3 aliphatic heterocycles. The normalized spacial score (nSPS) is 30.1. The van der Waals surface area contributed by atoms with E-state index in [0.717, 1.165) is 43.0 Å². The second-order valence-corrected chi connectivity index (χ2v) is 8.94. The van der Waals surface area contributed by atoms with Crippen LogP contribution in [-0.4, -0.2) is 46.6 Å². The number of fused-ring (bicyclic) bond motifs is 4. The van der Waals surface area contributed by atoms with Gasteiger partial charge in [0.25, 0.3) is 0 Å². The standard InChI is InChI=1S/C23H31N5/c1-16-11-22(26-23(24)25-16)27-14-18-13-19(15-27)21(12-17-7-3-2-4-8-17)28-10-6-5-9-20(18)28/h2-4,7-8,11,18-21H,5-6,9-10,12-15H2,1H3,(H2,24,25,26)/t18-,19+,20+,21+/m1/s1. The minimum absolute atomic E-state index is 0.394. The lowest BCUT2D eigenvalue weighted by Crippen LogP contribution is -2.64. The summed E-state index contributed by atoms with van der Waals surface area (Å²) in [6.45, 7) is 5.46. The highest BCUT2D eigenvalue weighted by Gasteiger charge is 2.47. The number of aromatic nitrogens is 2. The predicted octanol–water partition coefficient (Wildman–Crippen LogP) is 3.29. The van der Waals surface area contributed by atoms with Crippen molar-refractivity contribution in [2.75, 3.05) is 30.3 Å². The van der Waals surface area contributed by atoms with Crippen LogP contribution in [0.4, 0.5) is 11.8 Å². The first-order valence-electron chi connectivity index (χ1n) is 10.8. The van der Waals surface area contributed by atoms with Gasteiger partial charge in [-0.3, -0.25) is 4.90 Å². The zero-order chi connectivity index (χ0) is 19.1. The molecule has 0 spiro atoms. The summed E-state index contributed by atoms with van der Waals surface area (Å²) in [5.41, 5.74) is 8.38. The molecule has 1 aromatic heterocycles. The van der Waals surface area contributed by atoms with Gasteiger partial charge in [-0.05, 0) is 56.6 Å². The Labute approximate surface area is 168 Å². The average molecular weight is 378 g/mol. The van der Waals surface area contributed by atoms with Crippen molar-refractivity contribution in [3.05, 3.63) is 47.7 Å². The first kappa shape index (κ1) is 17.9. The summed E-state index contributed by atoms with van der Waals surface area (Å²) in [5.74, 6) is 2.83. The van der Waals surface area contributed by atoms with Gasteiger partial charge in [-0.2, -0.15) is 4.98 Å². The molecule has 5 rings (SSSR count). The molecule has 5 heteroatoms. The van der Waals surface area contributed by atoms with Crippen molar-refractivity contribution in [1.82, 2.24) is 14.9 Å². The third kappa shape index (κ3) is 3.37. The van der Waals surface area contributed by atoms with E-state index < -0.39 is 0 Å². The predicted molar refractivity (Wildman–Crippen MR) is 113 cm³/mol. The molecule has 148 valence electrons. The van der Waals surface area contributed by atoms with E-state index in [2.05, 4.69) is 56.2 Å². The van der Waals surface area contributed by atoms with Crippen LogP contribution in [0.5, 0.6) is 0 Å². The van der Waals surface area contributed by atoms with E-state index in [9.17, 15) is 0 Å². The summed E-state index contributed by atoms with van der Waals surface area (Å²) in [4.78, 5) is 14.2. The minimum Gasteiger partial charge on any atom is -0.368 e. The van der Waals surface area contributed by atoms with Crippen LogP contribution in [0.25, 0.3) is 0 Å². The number of hydrogen-bond acceptors (Lipinski definition) is 5. The Hall–Kier alpha value is -2.14. The summed E-state index contributed by atoms with van der Waals surface area (Å²) in [6.07, 6.45) is 6.59. The molecule has 3 fully saturated rings. The van der Waals surface area contributed by atoms with Gasteiger partial charge >= 0.3 is 0 Å². The fraction of sp³-hybridized carbons (Fsp3) is 0.565. The summed E-state index contributed by atoms with van der Waals surface area (Å²) >= 11 is 0. The van der Waals surface area contributed by atoms with Crippen molar-refractivity contribution in [1.29, 1.82) is 0 Å². The minimum atomic E-state index is 0.394. The second-order valence-electron chi connectivity index (χ2n) is 8.94. The number of hydrogen-bond donors (Lipinski definition) is 1. The van der Waals surface area contributed by atoms with Crippen molar-refractivity contribution in [3.63, 3.8) is 0 Å². The van der Waals surface area contributed by atoms with Crippen LogP contribution in [0.1, 0.15) is 36.9 Å². The third-order valence-corrected chi connectivity index (χ3v) is 7.09. The first-order chi connectivity index (χ1) is 13.7. The largest absolute Gasteiger partial charge is 0.368 e. The van der Waals surface area contributed by atoms with Gasteiger partial charge in [0.05, 0.1) is 0 Å². The summed E-state index contributed by atoms with van der Waals surface area (Å²) in [7, 11) is 0. The van der Waals surface area contributed by atoms with E-state index in [1.807, 2.05) is 6.92 Å². The molecule has 0 unspecified atom stereocenters. The Bertz CT molecular complexity index is 803. The number of nitrogens with two attached hydrogens (primary N) is 1. The van der Waals surface area contributed by atoms with Crippen LogP contribution < -0.4 is 10.6 Å². The molecule has 5 nitrogen and oxygen atoms in total. The number of benzene rings is 1. The molecule has 2 bridgehead atoms. The number of piperidine rings is 3. The number of anilines is 2. The van der Waals surface area contributed by atoms with Gasteiger partial charge in [-0.25, -0.2) is 4.98 Å².